The average molecular weight is 331 g/mol. The summed E-state index contributed by atoms with van der Waals surface area (Å²) in [6.07, 6.45) is 0. The number of rotatable bonds is 3. The summed E-state index contributed by atoms with van der Waals surface area (Å²) in [7, 11) is 0. The van der Waals surface area contributed by atoms with Gasteiger partial charge in [-0.2, -0.15) is 8.78 Å². The van der Waals surface area contributed by atoms with Gasteiger partial charge in [0.15, 0.2) is 5.01 Å². The van der Waals surface area contributed by atoms with Gasteiger partial charge in [0, 0.05) is 10.6 Å². The van der Waals surface area contributed by atoms with Crippen LogP contribution in [0.15, 0.2) is 18.2 Å². The average Bonchev–Trinajstić information content (AvgIpc) is 2.79. The van der Waals surface area contributed by atoms with E-state index < -0.39 is 6.61 Å². The van der Waals surface area contributed by atoms with E-state index in [2.05, 4.69) is 21.6 Å². The third-order valence-electron chi connectivity index (χ3n) is 2.34. The fraction of sp³-hybridized carbons (Fsp3) is 0.154. The van der Waals surface area contributed by atoms with E-state index in [4.69, 9.17) is 22.4 Å². The maximum atomic E-state index is 12.4. The van der Waals surface area contributed by atoms with Crippen LogP contribution in [-0.2, 0) is 0 Å². The summed E-state index contributed by atoms with van der Waals surface area (Å²) in [6, 6.07) is 4.19. The molecule has 2 aromatic rings. The zero-order valence-corrected chi connectivity index (χ0v) is 12.0. The molecule has 0 spiro atoms. The Hall–Kier alpha value is -1.88. The molecule has 1 aromatic heterocycles. The van der Waals surface area contributed by atoms with Gasteiger partial charge in [0.2, 0.25) is 0 Å². The van der Waals surface area contributed by atoms with Crippen molar-refractivity contribution in [3.05, 3.63) is 28.2 Å². The molecule has 0 aliphatic carbocycles. The molecule has 0 atom stereocenters. The zero-order valence-electron chi connectivity index (χ0n) is 10.4. The van der Waals surface area contributed by atoms with E-state index in [1.807, 2.05) is 0 Å². The van der Waals surface area contributed by atoms with Crippen molar-refractivity contribution in [2.75, 3.05) is 12.3 Å². The van der Waals surface area contributed by atoms with Gasteiger partial charge < -0.3 is 15.6 Å². The molecule has 1 heterocycles. The fourth-order valence-electron chi connectivity index (χ4n) is 1.58. The highest BCUT2D eigenvalue weighted by atomic mass is 35.5. The van der Waals surface area contributed by atoms with Crippen LogP contribution in [0.4, 0.5) is 13.8 Å². The van der Waals surface area contributed by atoms with Crippen molar-refractivity contribution in [1.82, 2.24) is 4.98 Å². The van der Waals surface area contributed by atoms with Crippen LogP contribution in [0.3, 0.4) is 0 Å². The lowest BCUT2D eigenvalue weighted by Crippen LogP contribution is -2.03. The molecule has 0 fully saturated rings. The number of aliphatic hydroxyl groups excluding tert-OH is 1. The number of anilines is 1. The van der Waals surface area contributed by atoms with Gasteiger partial charge in [-0.25, -0.2) is 4.98 Å². The SMILES string of the molecule is Nc1sc(C#CCO)nc1-c1cc(Cl)ccc1OC(F)F. The van der Waals surface area contributed by atoms with Crippen LogP contribution >= 0.6 is 22.9 Å². The Morgan fingerprint density at radius 2 is 2.24 bits per heavy atom. The van der Waals surface area contributed by atoms with Crippen molar-refractivity contribution in [3.63, 3.8) is 0 Å². The largest absolute Gasteiger partial charge is 0.434 e. The Morgan fingerprint density at radius 1 is 1.48 bits per heavy atom. The minimum Gasteiger partial charge on any atom is -0.434 e. The predicted molar refractivity (Wildman–Crippen MR) is 77.6 cm³/mol. The molecule has 1 aromatic carbocycles. The van der Waals surface area contributed by atoms with Crippen molar-refractivity contribution in [2.24, 2.45) is 0 Å². The van der Waals surface area contributed by atoms with Crippen LogP contribution < -0.4 is 10.5 Å². The predicted octanol–water partition coefficient (Wildman–Crippen LogP) is 2.99. The van der Waals surface area contributed by atoms with Crippen LogP contribution in [0.25, 0.3) is 11.3 Å². The molecule has 3 N–H and O–H groups in total. The summed E-state index contributed by atoms with van der Waals surface area (Å²) in [5.74, 6) is 4.97. The van der Waals surface area contributed by atoms with E-state index in [0.29, 0.717) is 15.0 Å². The lowest BCUT2D eigenvalue weighted by molar-refractivity contribution is -0.0494. The highest BCUT2D eigenvalue weighted by Gasteiger charge is 2.17. The number of halogens is 3. The standard InChI is InChI=1S/C13H9ClF2N2O2S/c14-7-3-4-9(20-13(15)16)8(6-7)11-12(17)21-10(18-11)2-1-5-19/h3-4,6,13,19H,5,17H2. The highest BCUT2D eigenvalue weighted by molar-refractivity contribution is 7.16. The Morgan fingerprint density at radius 3 is 2.90 bits per heavy atom. The summed E-state index contributed by atoms with van der Waals surface area (Å²) in [5, 5.41) is 9.64. The lowest BCUT2D eigenvalue weighted by atomic mass is 10.1. The molecule has 0 unspecified atom stereocenters. The maximum Gasteiger partial charge on any atom is 0.387 e. The Kier molecular flexibility index (Phi) is 4.96. The summed E-state index contributed by atoms with van der Waals surface area (Å²) < 4.78 is 29.3. The number of aromatic nitrogens is 1. The second kappa shape index (κ2) is 6.72. The van der Waals surface area contributed by atoms with Crippen molar-refractivity contribution >= 4 is 27.9 Å². The summed E-state index contributed by atoms with van der Waals surface area (Å²) in [6.45, 7) is -3.29. The van der Waals surface area contributed by atoms with E-state index in [9.17, 15) is 8.78 Å². The third kappa shape index (κ3) is 3.82. The van der Waals surface area contributed by atoms with Crippen LogP contribution in [0.1, 0.15) is 5.01 Å². The van der Waals surface area contributed by atoms with Gasteiger partial charge in [0.1, 0.15) is 23.1 Å². The number of nitrogens with two attached hydrogens (primary N) is 1. The number of alkyl halides is 2. The molecule has 0 saturated heterocycles. The Bertz CT molecular complexity index is 710. The van der Waals surface area contributed by atoms with Gasteiger partial charge in [0.05, 0.1) is 0 Å². The van der Waals surface area contributed by atoms with Crippen molar-refractivity contribution in [1.29, 1.82) is 0 Å². The van der Waals surface area contributed by atoms with Gasteiger partial charge in [-0.3, -0.25) is 0 Å². The van der Waals surface area contributed by atoms with Crippen molar-refractivity contribution in [3.8, 4) is 28.8 Å². The number of aliphatic hydroxyl groups is 1. The minimum atomic E-state index is -2.97. The maximum absolute atomic E-state index is 12.4. The normalized spacial score (nSPS) is 10.3. The lowest BCUT2D eigenvalue weighted by Gasteiger charge is -2.09. The molecular formula is C13H9ClF2N2O2S. The first kappa shape index (κ1) is 15.5. The summed E-state index contributed by atoms with van der Waals surface area (Å²) in [5.41, 5.74) is 6.36. The fourth-order valence-corrected chi connectivity index (χ4v) is 2.47. The first-order valence-corrected chi connectivity index (χ1v) is 6.81. The van der Waals surface area contributed by atoms with E-state index in [1.54, 1.807) is 0 Å². The number of nitrogen functional groups attached to an aromatic ring is 1. The Labute approximate surface area is 128 Å². The zero-order chi connectivity index (χ0) is 15.4. The molecule has 0 radical (unpaired) electrons. The topological polar surface area (TPSA) is 68.4 Å². The second-order valence-electron chi connectivity index (χ2n) is 3.71. The van der Waals surface area contributed by atoms with Crippen LogP contribution in [0.2, 0.25) is 5.02 Å². The van der Waals surface area contributed by atoms with Gasteiger partial charge in [0.25, 0.3) is 0 Å². The number of hydrogen-bond donors (Lipinski definition) is 2. The molecule has 2 rings (SSSR count). The van der Waals surface area contributed by atoms with E-state index >= 15 is 0 Å². The van der Waals surface area contributed by atoms with Crippen molar-refractivity contribution in [2.45, 2.75) is 6.61 Å². The van der Waals surface area contributed by atoms with E-state index in [-0.39, 0.29) is 23.6 Å². The highest BCUT2D eigenvalue weighted by Crippen LogP contribution is 2.38. The van der Waals surface area contributed by atoms with Crippen LogP contribution in [0, 0.1) is 11.8 Å². The first-order valence-electron chi connectivity index (χ1n) is 5.62. The molecule has 0 aliphatic heterocycles. The van der Waals surface area contributed by atoms with Gasteiger partial charge in [-0.1, -0.05) is 28.9 Å². The molecule has 8 heteroatoms. The quantitative estimate of drug-likeness (QED) is 0.849. The third-order valence-corrected chi connectivity index (χ3v) is 3.38. The molecule has 21 heavy (non-hydrogen) atoms. The first-order chi connectivity index (χ1) is 10.0. The summed E-state index contributed by atoms with van der Waals surface area (Å²) in [4.78, 5) is 4.15. The van der Waals surface area contributed by atoms with E-state index in [0.717, 1.165) is 11.3 Å². The minimum absolute atomic E-state index is 0.0759. The van der Waals surface area contributed by atoms with Gasteiger partial charge in [-0.15, -0.1) is 0 Å². The Balaban J connectivity index is 2.50. The van der Waals surface area contributed by atoms with Crippen molar-refractivity contribution < 1.29 is 18.6 Å². The second-order valence-corrected chi connectivity index (χ2v) is 5.18. The monoisotopic (exact) mass is 330 g/mol. The number of nitrogens with zero attached hydrogens (tertiary/aromatic N) is 1. The van der Waals surface area contributed by atoms with Gasteiger partial charge >= 0.3 is 6.61 Å². The van der Waals surface area contributed by atoms with Gasteiger partial charge in [-0.05, 0) is 24.1 Å². The van der Waals surface area contributed by atoms with Crippen LogP contribution in [0.5, 0.6) is 5.75 Å². The number of benzene rings is 1. The molecule has 0 aliphatic rings. The number of hydrogen-bond acceptors (Lipinski definition) is 5. The summed E-state index contributed by atoms with van der Waals surface area (Å²) >= 11 is 6.96. The number of thiazole rings is 1. The molecule has 0 saturated carbocycles. The van der Waals surface area contributed by atoms with Crippen LogP contribution in [-0.4, -0.2) is 23.3 Å². The molecule has 0 amide bonds. The molecule has 4 nitrogen and oxygen atoms in total. The molecule has 110 valence electrons. The smallest absolute Gasteiger partial charge is 0.387 e. The number of ether oxygens (including phenoxy) is 1. The molecular weight excluding hydrogens is 322 g/mol. The van der Waals surface area contributed by atoms with E-state index in [1.165, 1.54) is 18.2 Å². The molecule has 0 bridgehead atoms.